The van der Waals surface area contributed by atoms with E-state index < -0.39 is 48.1 Å². The Morgan fingerprint density at radius 1 is 1.02 bits per heavy atom. The Labute approximate surface area is 254 Å². The zero-order valence-electron chi connectivity index (χ0n) is 24.9. The van der Waals surface area contributed by atoms with Crippen LogP contribution in [-0.4, -0.2) is 93.7 Å². The van der Waals surface area contributed by atoms with Gasteiger partial charge in [0.25, 0.3) is 5.91 Å². The molecule has 0 saturated carbocycles. The molecular formula is C30H37N7O7. The Balaban J connectivity index is 1.24. The van der Waals surface area contributed by atoms with Crippen LogP contribution < -0.4 is 16.1 Å². The standard InChI is InChI=1S/C30H37N7O7/c1-30(2,3)44-27(40)23(34-28(41)43-19-21-10-5-4-6-11-21)16-31-25(38)17-36-26(39)18-35(29(36)42)15-9-14-33-37-20-32-22-12-7-8-13-24(22)37/h4-8,10-13,20,23,33H,9,14-19H2,1-3H3,(H,31,38)(H,34,41). The van der Waals surface area contributed by atoms with Gasteiger partial charge in [-0.2, -0.15) is 0 Å². The molecule has 44 heavy (non-hydrogen) atoms. The number of nitrogens with one attached hydrogen (secondary N) is 3. The average Bonchev–Trinajstić information content (AvgIpc) is 3.51. The highest BCUT2D eigenvalue weighted by Gasteiger charge is 2.37. The fourth-order valence-electron chi connectivity index (χ4n) is 4.37. The van der Waals surface area contributed by atoms with Crippen molar-refractivity contribution in [3.63, 3.8) is 0 Å². The van der Waals surface area contributed by atoms with Gasteiger partial charge in [0.05, 0.1) is 11.0 Å². The van der Waals surface area contributed by atoms with E-state index in [4.69, 9.17) is 9.47 Å². The van der Waals surface area contributed by atoms with Crippen molar-refractivity contribution < 1.29 is 33.4 Å². The number of amides is 5. The molecule has 1 aliphatic heterocycles. The van der Waals surface area contributed by atoms with Gasteiger partial charge in [-0.25, -0.2) is 24.0 Å². The summed E-state index contributed by atoms with van der Waals surface area (Å²) in [5.74, 6) is -1.98. The van der Waals surface area contributed by atoms with E-state index >= 15 is 0 Å². The van der Waals surface area contributed by atoms with E-state index in [0.29, 0.717) is 19.5 Å². The smallest absolute Gasteiger partial charge is 0.408 e. The third-order valence-electron chi connectivity index (χ3n) is 6.47. The SMILES string of the molecule is CC(C)(C)OC(=O)C(CNC(=O)CN1C(=O)CN(CCCNn2cnc3ccccc32)C1=O)NC(=O)OCc1ccccc1. The van der Waals surface area contributed by atoms with Gasteiger partial charge in [-0.1, -0.05) is 42.5 Å². The van der Waals surface area contributed by atoms with Crippen LogP contribution in [0.4, 0.5) is 9.59 Å². The highest BCUT2D eigenvalue weighted by Crippen LogP contribution is 2.13. The molecule has 0 spiro atoms. The molecule has 0 bridgehead atoms. The van der Waals surface area contributed by atoms with Crippen molar-refractivity contribution in [3.05, 3.63) is 66.5 Å². The molecular weight excluding hydrogens is 570 g/mol. The van der Waals surface area contributed by atoms with Gasteiger partial charge in [-0.05, 0) is 44.9 Å². The third-order valence-corrected chi connectivity index (χ3v) is 6.47. The Kier molecular flexibility index (Phi) is 10.4. The maximum absolute atomic E-state index is 12.9. The number of esters is 1. The van der Waals surface area contributed by atoms with Crippen molar-refractivity contribution in [3.8, 4) is 0 Å². The predicted molar refractivity (Wildman–Crippen MR) is 160 cm³/mol. The van der Waals surface area contributed by atoms with E-state index in [1.165, 1.54) is 4.90 Å². The summed E-state index contributed by atoms with van der Waals surface area (Å²) in [5.41, 5.74) is 4.89. The Hall–Kier alpha value is -5.14. The molecule has 234 valence electrons. The number of rotatable bonds is 13. The molecule has 1 atom stereocenters. The van der Waals surface area contributed by atoms with Crippen LogP contribution in [0.25, 0.3) is 11.0 Å². The summed E-state index contributed by atoms with van der Waals surface area (Å²) in [6.07, 6.45) is 1.34. The minimum atomic E-state index is -1.27. The minimum Gasteiger partial charge on any atom is -0.458 e. The monoisotopic (exact) mass is 607 g/mol. The molecule has 5 amide bonds. The van der Waals surface area contributed by atoms with Crippen LogP contribution >= 0.6 is 0 Å². The van der Waals surface area contributed by atoms with Gasteiger partial charge in [-0.3, -0.25) is 14.5 Å². The second-order valence-corrected chi connectivity index (χ2v) is 11.1. The van der Waals surface area contributed by atoms with Gasteiger partial charge >= 0.3 is 18.1 Å². The number of alkyl carbamates (subject to hydrolysis) is 1. The van der Waals surface area contributed by atoms with Crippen LogP contribution in [0, 0.1) is 0 Å². The van der Waals surface area contributed by atoms with E-state index in [2.05, 4.69) is 21.0 Å². The summed E-state index contributed by atoms with van der Waals surface area (Å²) in [6, 6.07) is 14.8. The Morgan fingerprint density at radius 3 is 2.50 bits per heavy atom. The summed E-state index contributed by atoms with van der Waals surface area (Å²) in [4.78, 5) is 69.8. The summed E-state index contributed by atoms with van der Waals surface area (Å²) < 4.78 is 12.4. The molecule has 3 aromatic rings. The molecule has 0 radical (unpaired) electrons. The van der Waals surface area contributed by atoms with Gasteiger partial charge in [0.1, 0.15) is 37.7 Å². The molecule has 2 aromatic carbocycles. The molecule has 0 aliphatic carbocycles. The lowest BCUT2D eigenvalue weighted by atomic mass is 10.2. The lowest BCUT2D eigenvalue weighted by Gasteiger charge is -2.25. The van der Waals surface area contributed by atoms with Crippen molar-refractivity contribution in [1.29, 1.82) is 0 Å². The van der Waals surface area contributed by atoms with E-state index in [1.54, 1.807) is 56.0 Å². The number of imide groups is 1. The first-order chi connectivity index (χ1) is 21.0. The number of urea groups is 1. The molecule has 14 nitrogen and oxygen atoms in total. The second-order valence-electron chi connectivity index (χ2n) is 11.1. The molecule has 14 heteroatoms. The van der Waals surface area contributed by atoms with Gasteiger partial charge in [0.15, 0.2) is 0 Å². The number of hydrogen-bond acceptors (Lipinski definition) is 9. The highest BCUT2D eigenvalue weighted by molar-refractivity contribution is 6.04. The number of carbonyl (C=O) groups excluding carboxylic acids is 5. The number of carbonyl (C=O) groups is 5. The number of ether oxygens (including phenoxy) is 2. The largest absolute Gasteiger partial charge is 0.458 e. The summed E-state index contributed by atoms with van der Waals surface area (Å²) >= 11 is 0. The van der Waals surface area contributed by atoms with Crippen molar-refractivity contribution in [1.82, 2.24) is 30.1 Å². The number of benzene rings is 2. The number of fused-ring (bicyclic) bond motifs is 1. The summed E-state index contributed by atoms with van der Waals surface area (Å²) in [6.45, 7) is 4.78. The normalized spacial score (nSPS) is 14.0. The first kappa shape index (κ1) is 31.8. The topological polar surface area (TPSA) is 164 Å². The maximum atomic E-state index is 12.9. The first-order valence-electron chi connectivity index (χ1n) is 14.2. The molecule has 1 aliphatic rings. The number of hydrogen-bond donors (Lipinski definition) is 3. The molecule has 2 heterocycles. The predicted octanol–water partition coefficient (Wildman–Crippen LogP) is 1.99. The van der Waals surface area contributed by atoms with E-state index in [1.807, 2.05) is 30.3 Å². The first-order valence-corrected chi connectivity index (χ1v) is 14.2. The number of imidazole rings is 1. The molecule has 1 unspecified atom stereocenters. The van der Waals surface area contributed by atoms with Gasteiger partial charge in [-0.15, -0.1) is 0 Å². The number of para-hydroxylation sites is 2. The third kappa shape index (κ3) is 8.93. The summed E-state index contributed by atoms with van der Waals surface area (Å²) in [7, 11) is 0. The number of aromatic nitrogens is 2. The van der Waals surface area contributed by atoms with E-state index in [0.717, 1.165) is 21.5 Å². The Morgan fingerprint density at radius 2 is 1.75 bits per heavy atom. The van der Waals surface area contributed by atoms with Crippen LogP contribution in [0.3, 0.4) is 0 Å². The van der Waals surface area contributed by atoms with Crippen LogP contribution in [0.15, 0.2) is 60.9 Å². The van der Waals surface area contributed by atoms with Crippen molar-refractivity contribution in [2.45, 2.75) is 45.4 Å². The van der Waals surface area contributed by atoms with Crippen LogP contribution in [0.2, 0.25) is 0 Å². The zero-order chi connectivity index (χ0) is 31.7. The van der Waals surface area contributed by atoms with Crippen LogP contribution in [0.1, 0.15) is 32.8 Å². The van der Waals surface area contributed by atoms with Crippen LogP contribution in [0.5, 0.6) is 0 Å². The fourth-order valence-corrected chi connectivity index (χ4v) is 4.37. The fraction of sp³-hybridized carbons (Fsp3) is 0.400. The maximum Gasteiger partial charge on any atom is 0.408 e. The Bertz CT molecular complexity index is 1490. The second kappa shape index (κ2) is 14.4. The van der Waals surface area contributed by atoms with Gasteiger partial charge in [0.2, 0.25) is 5.91 Å². The quantitative estimate of drug-likeness (QED) is 0.150. The molecule has 1 fully saturated rings. The zero-order valence-corrected chi connectivity index (χ0v) is 24.9. The van der Waals surface area contributed by atoms with Crippen molar-refractivity contribution in [2.24, 2.45) is 0 Å². The van der Waals surface area contributed by atoms with Gasteiger partial charge < -0.3 is 30.4 Å². The molecule has 4 rings (SSSR count). The molecule has 1 saturated heterocycles. The van der Waals surface area contributed by atoms with Crippen LogP contribution in [-0.2, 0) is 30.5 Å². The lowest BCUT2D eigenvalue weighted by Crippen LogP contribution is -2.52. The average molecular weight is 608 g/mol. The molecule has 3 N–H and O–H groups in total. The highest BCUT2D eigenvalue weighted by atomic mass is 16.6. The minimum absolute atomic E-state index is 0.0215. The van der Waals surface area contributed by atoms with Crippen molar-refractivity contribution >= 4 is 40.9 Å². The van der Waals surface area contributed by atoms with Gasteiger partial charge in [0, 0.05) is 19.6 Å². The van der Waals surface area contributed by atoms with E-state index in [-0.39, 0.29) is 19.7 Å². The number of nitrogens with zero attached hydrogens (tertiary/aromatic N) is 4. The lowest BCUT2D eigenvalue weighted by molar-refractivity contribution is -0.157. The summed E-state index contributed by atoms with van der Waals surface area (Å²) in [5, 5.41) is 4.91. The van der Waals surface area contributed by atoms with E-state index in [9.17, 15) is 24.0 Å². The van der Waals surface area contributed by atoms with Crippen molar-refractivity contribution in [2.75, 3.05) is 38.1 Å². The molecule has 1 aromatic heterocycles.